The van der Waals surface area contributed by atoms with Gasteiger partial charge in [-0.3, -0.25) is 19.1 Å². The number of nitrogen functional groups attached to an aromatic ring is 1. The van der Waals surface area contributed by atoms with Crippen LogP contribution in [-0.2, 0) is 24.3 Å². The fourth-order valence-corrected chi connectivity index (χ4v) is 4.89. The Kier molecular flexibility index (Phi) is 9.16. The van der Waals surface area contributed by atoms with Crippen LogP contribution in [0.5, 0.6) is 0 Å². The summed E-state index contributed by atoms with van der Waals surface area (Å²) in [6.07, 6.45) is 8.48. The average molecular weight is 478 g/mol. The van der Waals surface area contributed by atoms with Crippen LogP contribution >= 0.6 is 11.8 Å². The van der Waals surface area contributed by atoms with E-state index in [0.29, 0.717) is 13.1 Å². The lowest BCUT2D eigenvalue weighted by Crippen LogP contribution is -2.42. The van der Waals surface area contributed by atoms with Crippen LogP contribution in [0.4, 0.5) is 11.5 Å². The zero-order valence-electron chi connectivity index (χ0n) is 19.6. The molecule has 3 N–H and O–H groups in total. The minimum Gasteiger partial charge on any atom is -0.383 e. The number of aromatic amines is 1. The Balaban J connectivity index is 1.85. The highest BCUT2D eigenvalue weighted by Crippen LogP contribution is 2.24. The molecule has 0 atom stereocenters. The molecule has 10 nitrogen and oxygen atoms in total. The smallest absolute Gasteiger partial charge is 0.330 e. The van der Waals surface area contributed by atoms with Crippen LogP contribution in [0.15, 0.2) is 14.7 Å². The SMILES string of the molecule is CCCCCN(C(=O)CSc1nnc2n1CCCCC2)c1c(N)n(CCCC)c(=O)[nH]c1=O. The number of nitrogens with zero attached hydrogens (tertiary/aromatic N) is 5. The molecule has 0 aromatic carbocycles. The summed E-state index contributed by atoms with van der Waals surface area (Å²) in [5, 5.41) is 9.30. The molecule has 33 heavy (non-hydrogen) atoms. The normalized spacial score (nSPS) is 13.5. The zero-order valence-corrected chi connectivity index (χ0v) is 20.5. The van der Waals surface area contributed by atoms with Crippen LogP contribution in [0.3, 0.4) is 0 Å². The van der Waals surface area contributed by atoms with E-state index in [1.54, 1.807) is 0 Å². The van der Waals surface area contributed by atoms with Crippen LogP contribution in [-0.4, -0.2) is 42.5 Å². The maximum absolute atomic E-state index is 13.3. The minimum absolute atomic E-state index is 0.0448. The van der Waals surface area contributed by atoms with Crippen molar-refractivity contribution in [1.29, 1.82) is 0 Å². The second kappa shape index (κ2) is 12.1. The van der Waals surface area contributed by atoms with Gasteiger partial charge in [-0.15, -0.1) is 10.2 Å². The van der Waals surface area contributed by atoms with Gasteiger partial charge in [0.1, 0.15) is 11.6 Å². The maximum Gasteiger partial charge on any atom is 0.330 e. The molecule has 0 fully saturated rings. The Labute approximate surface area is 198 Å². The van der Waals surface area contributed by atoms with Crippen LogP contribution < -0.4 is 21.9 Å². The summed E-state index contributed by atoms with van der Waals surface area (Å²) >= 11 is 1.33. The standard InChI is InChI=1S/C22H35N7O3S/c1-3-5-9-14-28(18-19(23)29(12-6-4-2)21(32)24-20(18)31)17(30)15-33-22-26-25-16-11-8-7-10-13-27(16)22/h3-15,23H2,1-2H3,(H,24,31,32). The van der Waals surface area contributed by atoms with Crippen LogP contribution in [0.1, 0.15) is 71.0 Å². The predicted octanol–water partition coefficient (Wildman–Crippen LogP) is 2.55. The van der Waals surface area contributed by atoms with E-state index >= 15 is 0 Å². The highest BCUT2D eigenvalue weighted by atomic mass is 32.2. The third-order valence-corrected chi connectivity index (χ3v) is 6.86. The molecule has 0 aliphatic carbocycles. The molecule has 1 aliphatic rings. The zero-order chi connectivity index (χ0) is 23.8. The molecule has 0 bridgehead atoms. The van der Waals surface area contributed by atoms with Crippen molar-refractivity contribution in [2.75, 3.05) is 22.9 Å². The van der Waals surface area contributed by atoms with Gasteiger partial charge >= 0.3 is 5.69 Å². The Bertz CT molecular complexity index is 1060. The monoisotopic (exact) mass is 477 g/mol. The van der Waals surface area contributed by atoms with Crippen molar-refractivity contribution in [2.45, 2.75) is 89.9 Å². The number of H-pyrrole nitrogens is 1. The van der Waals surface area contributed by atoms with E-state index in [1.165, 1.54) is 21.2 Å². The van der Waals surface area contributed by atoms with Crippen molar-refractivity contribution in [3.8, 4) is 0 Å². The van der Waals surface area contributed by atoms with Crippen molar-refractivity contribution in [3.63, 3.8) is 0 Å². The number of nitrogens with one attached hydrogen (secondary N) is 1. The molecule has 182 valence electrons. The van der Waals surface area contributed by atoms with E-state index in [4.69, 9.17) is 5.73 Å². The molecule has 3 heterocycles. The highest BCUT2D eigenvalue weighted by Gasteiger charge is 2.25. The molecule has 1 aliphatic heterocycles. The first-order valence-corrected chi connectivity index (χ1v) is 12.9. The first-order valence-electron chi connectivity index (χ1n) is 12.0. The molecule has 3 rings (SSSR count). The lowest BCUT2D eigenvalue weighted by atomic mass is 10.2. The van der Waals surface area contributed by atoms with E-state index < -0.39 is 11.2 Å². The second-order valence-corrected chi connectivity index (χ2v) is 9.34. The molecule has 0 unspecified atom stereocenters. The van der Waals surface area contributed by atoms with Gasteiger partial charge in [0.25, 0.3) is 5.56 Å². The van der Waals surface area contributed by atoms with Gasteiger partial charge < -0.3 is 15.2 Å². The number of amides is 1. The molecule has 0 radical (unpaired) electrons. The number of carbonyl (C=O) groups excluding carboxylic acids is 1. The molecule has 0 saturated heterocycles. The fraction of sp³-hybridized carbons (Fsp3) is 0.682. The van der Waals surface area contributed by atoms with Crippen molar-refractivity contribution in [3.05, 3.63) is 26.7 Å². The van der Waals surface area contributed by atoms with Crippen LogP contribution in [0, 0.1) is 0 Å². The minimum atomic E-state index is -0.628. The number of rotatable bonds is 11. The number of anilines is 2. The average Bonchev–Trinajstić information content (AvgIpc) is 3.02. The van der Waals surface area contributed by atoms with Gasteiger partial charge in [0.15, 0.2) is 10.8 Å². The van der Waals surface area contributed by atoms with E-state index in [0.717, 1.165) is 75.3 Å². The molecule has 2 aromatic rings. The summed E-state index contributed by atoms with van der Waals surface area (Å²) < 4.78 is 3.45. The predicted molar refractivity (Wildman–Crippen MR) is 131 cm³/mol. The van der Waals surface area contributed by atoms with Crippen LogP contribution in [0.2, 0.25) is 0 Å². The number of nitrogens with two attached hydrogens (primary N) is 1. The van der Waals surface area contributed by atoms with E-state index in [2.05, 4.69) is 26.7 Å². The lowest BCUT2D eigenvalue weighted by molar-refractivity contribution is -0.116. The van der Waals surface area contributed by atoms with Crippen molar-refractivity contribution < 1.29 is 4.79 Å². The van der Waals surface area contributed by atoms with Crippen LogP contribution in [0.25, 0.3) is 0 Å². The topological polar surface area (TPSA) is 132 Å². The number of aryl methyl sites for hydroxylation is 1. The molecule has 1 amide bonds. The van der Waals surface area contributed by atoms with Crippen molar-refractivity contribution in [2.24, 2.45) is 0 Å². The maximum atomic E-state index is 13.3. The molecule has 0 spiro atoms. The largest absolute Gasteiger partial charge is 0.383 e. The first-order chi connectivity index (χ1) is 16.0. The van der Waals surface area contributed by atoms with Gasteiger partial charge in [-0.05, 0) is 25.7 Å². The number of fused-ring (bicyclic) bond motifs is 1. The highest BCUT2D eigenvalue weighted by molar-refractivity contribution is 7.99. The van der Waals surface area contributed by atoms with E-state index in [9.17, 15) is 14.4 Å². The van der Waals surface area contributed by atoms with E-state index in [1.807, 2.05) is 6.92 Å². The van der Waals surface area contributed by atoms with Gasteiger partial charge in [0, 0.05) is 26.1 Å². The second-order valence-electron chi connectivity index (χ2n) is 8.40. The van der Waals surface area contributed by atoms with Gasteiger partial charge in [-0.1, -0.05) is 51.3 Å². The number of hydrogen-bond acceptors (Lipinski definition) is 7. The van der Waals surface area contributed by atoms with Crippen molar-refractivity contribution >= 4 is 29.2 Å². The Morgan fingerprint density at radius 2 is 1.91 bits per heavy atom. The summed E-state index contributed by atoms with van der Waals surface area (Å²) in [5.74, 6) is 0.881. The van der Waals surface area contributed by atoms with E-state index in [-0.39, 0.29) is 23.2 Å². The molecule has 11 heteroatoms. The Hall–Kier alpha value is -2.56. The summed E-state index contributed by atoms with van der Waals surface area (Å²) in [4.78, 5) is 42.2. The Morgan fingerprint density at radius 1 is 1.12 bits per heavy atom. The quantitative estimate of drug-likeness (QED) is 0.375. The van der Waals surface area contributed by atoms with Gasteiger partial charge in [-0.2, -0.15) is 0 Å². The first kappa shape index (κ1) is 25.1. The number of aromatic nitrogens is 5. The summed E-state index contributed by atoms with van der Waals surface area (Å²) in [6.45, 7) is 5.70. The molecule has 2 aromatic heterocycles. The number of thioether (sulfide) groups is 1. The molecular weight excluding hydrogens is 442 g/mol. The lowest BCUT2D eigenvalue weighted by Gasteiger charge is -2.24. The summed E-state index contributed by atoms with van der Waals surface area (Å²) in [5.41, 5.74) is 5.17. The third kappa shape index (κ3) is 6.07. The van der Waals surface area contributed by atoms with Gasteiger partial charge in [-0.25, -0.2) is 4.79 Å². The van der Waals surface area contributed by atoms with Crippen molar-refractivity contribution in [1.82, 2.24) is 24.3 Å². The fourth-order valence-electron chi connectivity index (χ4n) is 4.03. The number of unbranched alkanes of at least 4 members (excludes halogenated alkanes) is 3. The third-order valence-electron chi connectivity index (χ3n) is 5.91. The molecular formula is C22H35N7O3S. The summed E-state index contributed by atoms with van der Waals surface area (Å²) in [7, 11) is 0. The summed E-state index contributed by atoms with van der Waals surface area (Å²) in [6, 6.07) is 0. The number of carbonyl (C=O) groups is 1. The van der Waals surface area contributed by atoms with Gasteiger partial charge in [0.05, 0.1) is 5.75 Å². The molecule has 0 saturated carbocycles. The Morgan fingerprint density at radius 3 is 2.67 bits per heavy atom. The van der Waals surface area contributed by atoms with Gasteiger partial charge in [0.2, 0.25) is 5.91 Å². The number of hydrogen-bond donors (Lipinski definition) is 2.